The fraction of sp³-hybridized carbons (Fsp3) is 0.125. The molecule has 0 amide bonds. The van der Waals surface area contributed by atoms with E-state index in [9.17, 15) is 14.7 Å². The molecule has 2 aromatic carbocycles. The van der Waals surface area contributed by atoms with Gasteiger partial charge in [-0.3, -0.25) is 4.79 Å². The van der Waals surface area contributed by atoms with Crippen LogP contribution in [0.2, 0.25) is 0 Å². The standard InChI is InChI=1S/C16H11BrO6/c1-21-14(19)7-22-9-5-11(18)15-13(6-9)23-12-3-2-8(17)4-10(12)16(15)20/h2-6,18H,7H2,1H3. The van der Waals surface area contributed by atoms with Crippen LogP contribution in [0.15, 0.2) is 44.0 Å². The highest BCUT2D eigenvalue weighted by molar-refractivity contribution is 9.10. The Kier molecular flexibility index (Phi) is 3.96. The summed E-state index contributed by atoms with van der Waals surface area (Å²) in [6, 6.07) is 7.72. The van der Waals surface area contributed by atoms with Crippen molar-refractivity contribution in [1.29, 1.82) is 0 Å². The minimum atomic E-state index is -0.561. The van der Waals surface area contributed by atoms with E-state index in [0.717, 1.165) is 4.47 Å². The summed E-state index contributed by atoms with van der Waals surface area (Å²) in [4.78, 5) is 23.6. The summed E-state index contributed by atoms with van der Waals surface area (Å²) in [6.07, 6.45) is 0. The van der Waals surface area contributed by atoms with Crippen LogP contribution in [-0.2, 0) is 9.53 Å². The molecule has 0 fully saturated rings. The van der Waals surface area contributed by atoms with E-state index in [4.69, 9.17) is 9.15 Å². The molecular formula is C16H11BrO6. The van der Waals surface area contributed by atoms with Crippen molar-refractivity contribution in [3.63, 3.8) is 0 Å². The molecular weight excluding hydrogens is 368 g/mol. The summed E-state index contributed by atoms with van der Waals surface area (Å²) in [5.74, 6) is -0.646. The van der Waals surface area contributed by atoms with Crippen LogP contribution in [0.1, 0.15) is 0 Å². The molecule has 0 saturated carbocycles. The first-order valence-corrected chi connectivity index (χ1v) is 7.37. The number of halogens is 1. The molecule has 0 aliphatic heterocycles. The van der Waals surface area contributed by atoms with E-state index in [1.807, 2.05) is 0 Å². The van der Waals surface area contributed by atoms with Crippen LogP contribution in [0.4, 0.5) is 0 Å². The van der Waals surface area contributed by atoms with Gasteiger partial charge in [0.25, 0.3) is 0 Å². The summed E-state index contributed by atoms with van der Waals surface area (Å²) in [7, 11) is 1.24. The van der Waals surface area contributed by atoms with E-state index in [-0.39, 0.29) is 34.5 Å². The van der Waals surface area contributed by atoms with Gasteiger partial charge in [-0.25, -0.2) is 4.79 Å². The number of methoxy groups -OCH3 is 1. The number of ether oxygens (including phenoxy) is 2. The first kappa shape index (κ1) is 15.4. The van der Waals surface area contributed by atoms with Gasteiger partial charge in [-0.15, -0.1) is 0 Å². The Morgan fingerprint density at radius 3 is 2.78 bits per heavy atom. The van der Waals surface area contributed by atoms with Gasteiger partial charge in [-0.05, 0) is 18.2 Å². The van der Waals surface area contributed by atoms with E-state index in [1.165, 1.54) is 19.2 Å². The van der Waals surface area contributed by atoms with Crippen LogP contribution in [0, 0.1) is 0 Å². The van der Waals surface area contributed by atoms with Crippen LogP contribution in [-0.4, -0.2) is 24.8 Å². The second-order valence-corrected chi connectivity index (χ2v) is 5.67. The molecule has 3 aromatic rings. The summed E-state index contributed by atoms with van der Waals surface area (Å²) in [6.45, 7) is -0.313. The number of esters is 1. The first-order chi connectivity index (χ1) is 11.0. The minimum Gasteiger partial charge on any atom is -0.507 e. The predicted octanol–water partition coefficient (Wildman–Crippen LogP) is 2.97. The number of fused-ring (bicyclic) bond motifs is 2. The van der Waals surface area contributed by atoms with Crippen LogP contribution in [0.5, 0.6) is 11.5 Å². The van der Waals surface area contributed by atoms with Crippen molar-refractivity contribution < 1.29 is 23.8 Å². The molecule has 0 bridgehead atoms. The van der Waals surface area contributed by atoms with Gasteiger partial charge in [0.05, 0.1) is 12.5 Å². The van der Waals surface area contributed by atoms with Crippen molar-refractivity contribution in [3.8, 4) is 11.5 Å². The molecule has 6 nitrogen and oxygen atoms in total. The Bertz CT molecular complexity index is 976. The number of rotatable bonds is 3. The highest BCUT2D eigenvalue weighted by atomic mass is 79.9. The van der Waals surface area contributed by atoms with Crippen molar-refractivity contribution in [3.05, 3.63) is 45.0 Å². The van der Waals surface area contributed by atoms with Crippen molar-refractivity contribution in [2.75, 3.05) is 13.7 Å². The summed E-state index contributed by atoms with van der Waals surface area (Å²) >= 11 is 3.29. The third-order valence-electron chi connectivity index (χ3n) is 3.27. The molecule has 1 heterocycles. The molecule has 1 N–H and O–H groups in total. The van der Waals surface area contributed by atoms with Gasteiger partial charge < -0.3 is 19.0 Å². The van der Waals surface area contributed by atoms with Gasteiger partial charge in [-0.1, -0.05) is 15.9 Å². The van der Waals surface area contributed by atoms with Crippen LogP contribution >= 0.6 is 15.9 Å². The highest BCUT2D eigenvalue weighted by Gasteiger charge is 2.14. The molecule has 7 heteroatoms. The predicted molar refractivity (Wildman–Crippen MR) is 86.9 cm³/mol. The van der Waals surface area contributed by atoms with Gasteiger partial charge in [-0.2, -0.15) is 0 Å². The lowest BCUT2D eigenvalue weighted by atomic mass is 10.1. The zero-order valence-electron chi connectivity index (χ0n) is 12.0. The minimum absolute atomic E-state index is 0.0565. The zero-order valence-corrected chi connectivity index (χ0v) is 13.5. The topological polar surface area (TPSA) is 86.0 Å². The molecule has 0 atom stereocenters. The fourth-order valence-corrected chi connectivity index (χ4v) is 2.55. The van der Waals surface area contributed by atoms with E-state index in [0.29, 0.717) is 11.0 Å². The lowest BCUT2D eigenvalue weighted by Crippen LogP contribution is -2.12. The van der Waals surface area contributed by atoms with E-state index in [1.54, 1.807) is 18.2 Å². The Balaban J connectivity index is 2.17. The number of hydrogen-bond donors (Lipinski definition) is 1. The Labute approximate surface area is 138 Å². The van der Waals surface area contributed by atoms with Gasteiger partial charge in [0, 0.05) is 16.6 Å². The number of carbonyl (C=O) groups is 1. The second kappa shape index (κ2) is 5.92. The lowest BCUT2D eigenvalue weighted by molar-refractivity contribution is -0.142. The van der Waals surface area contributed by atoms with Gasteiger partial charge >= 0.3 is 5.97 Å². The molecule has 23 heavy (non-hydrogen) atoms. The Morgan fingerprint density at radius 1 is 1.26 bits per heavy atom. The van der Waals surface area contributed by atoms with Crippen LogP contribution in [0.25, 0.3) is 21.9 Å². The smallest absolute Gasteiger partial charge is 0.343 e. The molecule has 1 aromatic heterocycles. The van der Waals surface area contributed by atoms with Gasteiger partial charge in [0.2, 0.25) is 5.43 Å². The summed E-state index contributed by atoms with van der Waals surface area (Å²) < 4.78 is 16.1. The average molecular weight is 379 g/mol. The summed E-state index contributed by atoms with van der Waals surface area (Å²) in [5, 5.41) is 10.5. The molecule has 0 radical (unpaired) electrons. The SMILES string of the molecule is COC(=O)COc1cc(O)c2c(=O)c3cc(Br)ccc3oc2c1. The highest BCUT2D eigenvalue weighted by Crippen LogP contribution is 2.31. The van der Waals surface area contributed by atoms with Gasteiger partial charge in [0.1, 0.15) is 28.1 Å². The average Bonchev–Trinajstić information content (AvgIpc) is 2.53. The molecule has 0 spiro atoms. The molecule has 0 saturated heterocycles. The molecule has 118 valence electrons. The maximum Gasteiger partial charge on any atom is 0.343 e. The molecule has 0 aliphatic carbocycles. The summed E-state index contributed by atoms with van der Waals surface area (Å²) in [5.41, 5.74) is 0.208. The monoisotopic (exact) mass is 378 g/mol. The number of hydrogen-bond acceptors (Lipinski definition) is 6. The number of aromatic hydroxyl groups is 1. The Morgan fingerprint density at radius 2 is 2.04 bits per heavy atom. The van der Waals surface area contributed by atoms with E-state index in [2.05, 4.69) is 20.7 Å². The number of phenols is 1. The van der Waals surface area contributed by atoms with Crippen LogP contribution < -0.4 is 10.2 Å². The maximum absolute atomic E-state index is 12.5. The second-order valence-electron chi connectivity index (χ2n) is 4.75. The van der Waals surface area contributed by atoms with Crippen LogP contribution in [0.3, 0.4) is 0 Å². The van der Waals surface area contributed by atoms with Gasteiger partial charge in [0.15, 0.2) is 6.61 Å². The molecule has 0 aliphatic rings. The van der Waals surface area contributed by atoms with Crippen molar-refractivity contribution in [1.82, 2.24) is 0 Å². The van der Waals surface area contributed by atoms with E-state index >= 15 is 0 Å². The van der Waals surface area contributed by atoms with Crippen molar-refractivity contribution in [2.24, 2.45) is 0 Å². The Hall–Kier alpha value is -2.54. The quantitative estimate of drug-likeness (QED) is 0.556. The number of benzene rings is 2. The number of phenolic OH excluding ortho intramolecular Hbond substituents is 1. The lowest BCUT2D eigenvalue weighted by Gasteiger charge is -2.08. The largest absolute Gasteiger partial charge is 0.507 e. The molecule has 3 rings (SSSR count). The van der Waals surface area contributed by atoms with Crippen molar-refractivity contribution in [2.45, 2.75) is 0 Å². The maximum atomic E-state index is 12.5. The van der Waals surface area contributed by atoms with E-state index < -0.39 is 5.97 Å². The molecule has 0 unspecified atom stereocenters. The first-order valence-electron chi connectivity index (χ1n) is 6.58. The zero-order chi connectivity index (χ0) is 16.6. The number of carbonyl (C=O) groups excluding carboxylic acids is 1. The third-order valence-corrected chi connectivity index (χ3v) is 3.77. The fourth-order valence-electron chi connectivity index (χ4n) is 2.19. The normalized spacial score (nSPS) is 10.9. The van der Waals surface area contributed by atoms with Crippen molar-refractivity contribution >= 4 is 43.8 Å². The third kappa shape index (κ3) is 2.87.